The Morgan fingerprint density at radius 3 is 2.69 bits per heavy atom. The molecule has 2 atom stereocenters. The van der Waals surface area contributed by atoms with Crippen LogP contribution < -0.4 is 5.32 Å². The first-order valence-electron chi connectivity index (χ1n) is 10.4. The van der Waals surface area contributed by atoms with Crippen LogP contribution in [-0.4, -0.2) is 39.2 Å². The molecule has 2 aromatic rings. The van der Waals surface area contributed by atoms with E-state index in [1.807, 2.05) is 11.6 Å². The first-order valence-corrected chi connectivity index (χ1v) is 10.4. The summed E-state index contributed by atoms with van der Waals surface area (Å²) in [5.41, 5.74) is 2.26. The summed E-state index contributed by atoms with van der Waals surface area (Å²) in [4.78, 5) is 14.7. The summed E-state index contributed by atoms with van der Waals surface area (Å²) in [5.74, 6) is -1.28. The minimum absolute atomic E-state index is 0.0289. The molecule has 0 aliphatic carbocycles. The van der Waals surface area contributed by atoms with Gasteiger partial charge >= 0.3 is 0 Å². The second kappa shape index (κ2) is 7.86. The molecule has 2 aliphatic rings. The van der Waals surface area contributed by atoms with Crippen molar-refractivity contribution in [1.82, 2.24) is 20.0 Å². The highest BCUT2D eigenvalue weighted by molar-refractivity contribution is 5.77. The van der Waals surface area contributed by atoms with Gasteiger partial charge in [-0.1, -0.05) is 6.42 Å². The molecule has 0 unspecified atom stereocenters. The summed E-state index contributed by atoms with van der Waals surface area (Å²) >= 11 is 0. The van der Waals surface area contributed by atoms with Crippen molar-refractivity contribution in [3.63, 3.8) is 0 Å². The maximum Gasteiger partial charge on any atom is 0.220 e. The number of aryl methyl sites for hydroxylation is 2. The zero-order chi connectivity index (χ0) is 20.6. The number of likely N-dealkylation sites (tertiary alicyclic amines) is 1. The second-order valence-electron chi connectivity index (χ2n) is 8.43. The molecule has 1 spiro atoms. The van der Waals surface area contributed by atoms with Crippen LogP contribution >= 0.6 is 0 Å². The van der Waals surface area contributed by atoms with Gasteiger partial charge < -0.3 is 5.32 Å². The molecular formula is C22H28F2N4O. The molecule has 0 radical (unpaired) electrons. The van der Waals surface area contributed by atoms with Gasteiger partial charge in [0.2, 0.25) is 5.91 Å². The Morgan fingerprint density at radius 1 is 1.24 bits per heavy atom. The molecule has 1 amide bonds. The Morgan fingerprint density at radius 2 is 2.00 bits per heavy atom. The molecule has 2 aliphatic heterocycles. The average Bonchev–Trinajstić information content (AvgIpc) is 3.11. The van der Waals surface area contributed by atoms with Crippen molar-refractivity contribution in [3.8, 4) is 0 Å². The van der Waals surface area contributed by atoms with Gasteiger partial charge in [0.05, 0.1) is 11.2 Å². The summed E-state index contributed by atoms with van der Waals surface area (Å²) in [6, 6.07) is 3.73. The minimum atomic E-state index is -0.575. The number of carbonyl (C=O) groups is 1. The first-order chi connectivity index (χ1) is 13.9. The van der Waals surface area contributed by atoms with Crippen molar-refractivity contribution >= 4 is 5.91 Å². The molecule has 2 saturated heterocycles. The van der Waals surface area contributed by atoms with Gasteiger partial charge in [0.15, 0.2) is 0 Å². The van der Waals surface area contributed by atoms with Crippen LogP contribution in [0.25, 0.3) is 0 Å². The van der Waals surface area contributed by atoms with Crippen molar-refractivity contribution in [3.05, 3.63) is 52.9 Å². The lowest BCUT2D eigenvalue weighted by molar-refractivity contribution is -0.122. The molecule has 7 heteroatoms. The molecule has 4 rings (SSSR count). The van der Waals surface area contributed by atoms with E-state index in [9.17, 15) is 13.6 Å². The molecule has 0 bridgehead atoms. The Balaban J connectivity index is 1.66. The van der Waals surface area contributed by atoms with Crippen molar-refractivity contribution in [2.45, 2.75) is 64.1 Å². The number of halogens is 2. The predicted octanol–water partition coefficient (Wildman–Crippen LogP) is 3.52. The normalized spacial score (nSPS) is 25.4. The lowest BCUT2D eigenvalue weighted by Gasteiger charge is -2.35. The van der Waals surface area contributed by atoms with Gasteiger partial charge in [-0.2, -0.15) is 5.10 Å². The molecule has 29 heavy (non-hydrogen) atoms. The highest BCUT2D eigenvalue weighted by Crippen LogP contribution is 2.41. The molecule has 156 valence electrons. The van der Waals surface area contributed by atoms with Crippen LogP contribution in [-0.2, 0) is 17.9 Å². The van der Waals surface area contributed by atoms with E-state index in [0.29, 0.717) is 31.6 Å². The summed E-state index contributed by atoms with van der Waals surface area (Å²) in [5, 5.41) is 7.77. The van der Waals surface area contributed by atoms with Crippen molar-refractivity contribution < 1.29 is 13.6 Å². The molecule has 1 aromatic carbocycles. The van der Waals surface area contributed by atoms with Crippen LogP contribution in [0.3, 0.4) is 0 Å². The molecule has 3 heterocycles. The first kappa shape index (κ1) is 20.0. The summed E-state index contributed by atoms with van der Waals surface area (Å²) in [7, 11) is 0. The molecule has 5 nitrogen and oxygen atoms in total. The Labute approximate surface area is 170 Å². The van der Waals surface area contributed by atoms with Gasteiger partial charge in [0, 0.05) is 56.3 Å². The quantitative estimate of drug-likeness (QED) is 0.851. The molecule has 2 fully saturated rings. The summed E-state index contributed by atoms with van der Waals surface area (Å²) in [6.45, 7) is 6.87. The Hall–Kier alpha value is -2.28. The van der Waals surface area contributed by atoms with Crippen molar-refractivity contribution in [2.24, 2.45) is 0 Å². The van der Waals surface area contributed by atoms with Crippen LogP contribution in [0.4, 0.5) is 8.78 Å². The van der Waals surface area contributed by atoms with E-state index in [2.05, 4.69) is 28.4 Å². The fourth-order valence-electron chi connectivity index (χ4n) is 4.95. The van der Waals surface area contributed by atoms with Gasteiger partial charge in [-0.05, 0) is 44.4 Å². The van der Waals surface area contributed by atoms with Gasteiger partial charge in [-0.15, -0.1) is 0 Å². The molecular weight excluding hydrogens is 374 g/mol. The number of amides is 1. The van der Waals surface area contributed by atoms with Gasteiger partial charge in [-0.3, -0.25) is 14.4 Å². The minimum Gasteiger partial charge on any atom is -0.349 e. The lowest BCUT2D eigenvalue weighted by Crippen LogP contribution is -2.52. The number of hydrogen-bond donors (Lipinski definition) is 1. The zero-order valence-electron chi connectivity index (χ0n) is 17.0. The number of nitrogens with one attached hydrogen (secondary N) is 1. The van der Waals surface area contributed by atoms with Gasteiger partial charge in [0.1, 0.15) is 11.6 Å². The van der Waals surface area contributed by atoms with E-state index < -0.39 is 17.2 Å². The summed E-state index contributed by atoms with van der Waals surface area (Å²) in [6.07, 6.45) is 5.15. The smallest absolute Gasteiger partial charge is 0.220 e. The van der Waals surface area contributed by atoms with Crippen molar-refractivity contribution in [2.75, 3.05) is 13.1 Å². The van der Waals surface area contributed by atoms with E-state index in [1.54, 1.807) is 0 Å². The number of hydrogen-bond acceptors (Lipinski definition) is 3. The average molecular weight is 402 g/mol. The second-order valence-corrected chi connectivity index (χ2v) is 8.43. The maximum absolute atomic E-state index is 14.0. The van der Waals surface area contributed by atoms with Crippen LogP contribution in [0.1, 0.15) is 55.3 Å². The topological polar surface area (TPSA) is 50.2 Å². The number of benzene rings is 1. The SMILES string of the molecule is CCn1cc(CN2C[C@@H](c3cc(F)cc(F)c3)[C@@]3(CCCCC(=O)N3)C2)c(C)n1. The van der Waals surface area contributed by atoms with Crippen LogP contribution in [0.5, 0.6) is 0 Å². The predicted molar refractivity (Wildman–Crippen MR) is 106 cm³/mol. The lowest BCUT2D eigenvalue weighted by atomic mass is 9.79. The fourth-order valence-corrected chi connectivity index (χ4v) is 4.95. The van der Waals surface area contributed by atoms with E-state index in [0.717, 1.165) is 43.1 Å². The zero-order valence-corrected chi connectivity index (χ0v) is 17.0. The van der Waals surface area contributed by atoms with Gasteiger partial charge in [-0.25, -0.2) is 8.78 Å². The van der Waals surface area contributed by atoms with Crippen LogP contribution in [0.2, 0.25) is 0 Å². The number of nitrogens with zero attached hydrogens (tertiary/aromatic N) is 3. The third-order valence-electron chi connectivity index (χ3n) is 6.33. The highest BCUT2D eigenvalue weighted by Gasteiger charge is 2.48. The standard InChI is InChI=1S/C22H28F2N4O/c1-3-28-12-17(15(2)26-28)11-27-13-20(16-8-18(23)10-19(24)9-16)22(14-27)7-5-4-6-21(29)25-22/h8-10,12,20H,3-7,11,13-14H2,1-2H3,(H,25,29)/t20-,22+/m0/s1. The number of carbonyl (C=O) groups excluding carboxylic acids is 1. The van der Waals surface area contributed by atoms with Gasteiger partial charge in [0.25, 0.3) is 0 Å². The third-order valence-corrected chi connectivity index (χ3v) is 6.33. The van der Waals surface area contributed by atoms with E-state index in [4.69, 9.17) is 0 Å². The fraction of sp³-hybridized carbons (Fsp3) is 0.545. The maximum atomic E-state index is 14.0. The number of rotatable bonds is 4. The number of aromatic nitrogens is 2. The molecule has 1 N–H and O–H groups in total. The monoisotopic (exact) mass is 402 g/mol. The summed E-state index contributed by atoms with van der Waals surface area (Å²) < 4.78 is 29.9. The third kappa shape index (κ3) is 4.06. The van der Waals surface area contributed by atoms with Crippen LogP contribution in [0, 0.1) is 18.6 Å². The van der Waals surface area contributed by atoms with Crippen LogP contribution in [0.15, 0.2) is 24.4 Å². The Bertz CT molecular complexity index is 892. The largest absolute Gasteiger partial charge is 0.349 e. The molecule has 0 saturated carbocycles. The van der Waals surface area contributed by atoms with E-state index >= 15 is 0 Å². The van der Waals surface area contributed by atoms with Crippen molar-refractivity contribution in [1.29, 1.82) is 0 Å². The van der Waals surface area contributed by atoms with E-state index in [1.165, 1.54) is 12.1 Å². The molecule has 1 aromatic heterocycles. The van der Waals surface area contributed by atoms with E-state index in [-0.39, 0.29) is 11.8 Å². The Kier molecular flexibility index (Phi) is 5.42. The highest BCUT2D eigenvalue weighted by atomic mass is 19.1.